The molecule has 5 aromatic rings. The van der Waals surface area contributed by atoms with E-state index in [-0.39, 0.29) is 23.4 Å². The normalized spacial score (nSPS) is 15.2. The van der Waals surface area contributed by atoms with Crippen molar-refractivity contribution in [2.24, 2.45) is 7.05 Å². The molecule has 12 nitrogen and oxygen atoms in total. The van der Waals surface area contributed by atoms with Gasteiger partial charge in [0.05, 0.1) is 24.2 Å². The fraction of sp³-hybridized carbons (Fsp3) is 0.382. The standard InChI is InChI=1S/C34H38FN7O5/c1-33(2,3)47-32(44)36-18-22-5-7-23(8-6-22)30-28-29(38-40(30)4)31(43)42(21-37-28)20-34(45)12-14-41(15-13-34)19-25-10-9-24(17-26(25)35)27-11-16-46-39-27/h5-11,16-17,21,45H,12-15,18-20H2,1-4H3,(H,36,44). The molecular weight excluding hydrogens is 605 g/mol. The molecule has 6 rings (SSSR count). The zero-order valence-corrected chi connectivity index (χ0v) is 26.9. The van der Waals surface area contributed by atoms with Crippen LogP contribution in [0, 0.1) is 5.82 Å². The smallest absolute Gasteiger partial charge is 0.407 e. The number of fused-ring (bicyclic) bond motifs is 1. The number of ether oxygens (including phenoxy) is 1. The van der Waals surface area contributed by atoms with Gasteiger partial charge >= 0.3 is 6.09 Å². The second-order valence-electron chi connectivity index (χ2n) is 13.1. The van der Waals surface area contributed by atoms with E-state index in [1.807, 2.05) is 51.1 Å². The number of nitrogens with zero attached hydrogens (tertiary/aromatic N) is 6. The number of likely N-dealkylation sites (tertiary alicyclic amines) is 1. The van der Waals surface area contributed by atoms with Gasteiger partial charge in [0.1, 0.15) is 28.9 Å². The zero-order chi connectivity index (χ0) is 33.3. The van der Waals surface area contributed by atoms with E-state index in [9.17, 15) is 19.1 Å². The highest BCUT2D eigenvalue weighted by Crippen LogP contribution is 2.28. The van der Waals surface area contributed by atoms with Crippen molar-refractivity contribution < 1.29 is 23.6 Å². The molecule has 0 atom stereocenters. The summed E-state index contributed by atoms with van der Waals surface area (Å²) >= 11 is 0. The van der Waals surface area contributed by atoms with Gasteiger partial charge in [0, 0.05) is 56.0 Å². The minimum atomic E-state index is -1.12. The average Bonchev–Trinajstić information content (AvgIpc) is 3.68. The minimum absolute atomic E-state index is 0.0780. The first-order chi connectivity index (χ1) is 22.4. The SMILES string of the molecule is Cn1nc2c(=O)n(CC3(O)CCN(Cc4ccc(-c5ccon5)cc4F)CC3)cnc2c1-c1ccc(CNC(=O)OC(C)(C)C)cc1. The van der Waals surface area contributed by atoms with Crippen molar-refractivity contribution >= 4 is 17.1 Å². The zero-order valence-electron chi connectivity index (χ0n) is 26.9. The molecule has 0 unspecified atom stereocenters. The van der Waals surface area contributed by atoms with E-state index in [4.69, 9.17) is 9.26 Å². The number of piperidine rings is 1. The molecule has 1 amide bonds. The first-order valence-electron chi connectivity index (χ1n) is 15.5. The number of hydrogen-bond donors (Lipinski definition) is 2. The van der Waals surface area contributed by atoms with Crippen LogP contribution in [0.25, 0.3) is 33.5 Å². The highest BCUT2D eigenvalue weighted by Gasteiger charge is 2.34. The Bertz CT molecular complexity index is 1940. The average molecular weight is 644 g/mol. The molecule has 2 N–H and O–H groups in total. The number of nitrogens with one attached hydrogen (secondary N) is 1. The van der Waals surface area contributed by atoms with Crippen LogP contribution in [0.4, 0.5) is 9.18 Å². The van der Waals surface area contributed by atoms with Crippen LogP contribution in [0.1, 0.15) is 44.7 Å². The number of amides is 1. The molecule has 2 aromatic carbocycles. The molecule has 0 aliphatic carbocycles. The third-order valence-electron chi connectivity index (χ3n) is 8.31. The number of halogens is 1. The first-order valence-corrected chi connectivity index (χ1v) is 15.5. The molecule has 0 radical (unpaired) electrons. The van der Waals surface area contributed by atoms with Crippen molar-refractivity contribution in [2.75, 3.05) is 13.1 Å². The van der Waals surface area contributed by atoms with Gasteiger partial charge < -0.3 is 19.7 Å². The third-order valence-corrected chi connectivity index (χ3v) is 8.31. The number of carbonyl (C=O) groups is 1. The number of aliphatic hydroxyl groups is 1. The van der Waals surface area contributed by atoms with Crippen molar-refractivity contribution in [1.29, 1.82) is 0 Å². The number of alkyl carbamates (subject to hydrolysis) is 1. The second-order valence-corrected chi connectivity index (χ2v) is 13.1. The third kappa shape index (κ3) is 7.26. The molecule has 0 bridgehead atoms. The van der Waals surface area contributed by atoms with E-state index in [0.29, 0.717) is 67.1 Å². The number of aromatic nitrogens is 5. The van der Waals surface area contributed by atoms with Gasteiger partial charge in [0.15, 0.2) is 5.52 Å². The lowest BCUT2D eigenvalue weighted by atomic mass is 9.91. The summed E-state index contributed by atoms with van der Waals surface area (Å²) in [5, 5.41) is 22.5. The molecule has 246 valence electrons. The van der Waals surface area contributed by atoms with Gasteiger partial charge in [0.2, 0.25) is 0 Å². The molecule has 13 heteroatoms. The van der Waals surface area contributed by atoms with Gasteiger partial charge in [0.25, 0.3) is 5.56 Å². The summed E-state index contributed by atoms with van der Waals surface area (Å²) in [4.78, 5) is 32.2. The number of benzene rings is 2. The summed E-state index contributed by atoms with van der Waals surface area (Å²) in [7, 11) is 1.76. The second kappa shape index (κ2) is 12.7. The Balaban J connectivity index is 1.10. The summed E-state index contributed by atoms with van der Waals surface area (Å²) in [6, 6.07) is 14.3. The molecule has 3 aromatic heterocycles. The summed E-state index contributed by atoms with van der Waals surface area (Å²) in [5.41, 5.74) is 2.81. The Labute approximate surface area is 270 Å². The van der Waals surface area contributed by atoms with Crippen molar-refractivity contribution in [2.45, 2.75) is 64.4 Å². The van der Waals surface area contributed by atoms with Gasteiger partial charge in [-0.2, -0.15) is 5.10 Å². The fourth-order valence-electron chi connectivity index (χ4n) is 5.84. The highest BCUT2D eigenvalue weighted by molar-refractivity contribution is 5.89. The van der Waals surface area contributed by atoms with Crippen LogP contribution in [0.3, 0.4) is 0 Å². The number of carbonyl (C=O) groups excluding carboxylic acids is 1. The van der Waals surface area contributed by atoms with Crippen molar-refractivity contribution in [3.63, 3.8) is 0 Å². The maximum absolute atomic E-state index is 14.9. The lowest BCUT2D eigenvalue weighted by Gasteiger charge is -2.38. The minimum Gasteiger partial charge on any atom is -0.444 e. The number of aryl methyl sites for hydroxylation is 1. The van der Waals surface area contributed by atoms with Gasteiger partial charge in [-0.15, -0.1) is 0 Å². The maximum atomic E-state index is 14.9. The van der Waals surface area contributed by atoms with Crippen LogP contribution in [-0.4, -0.2) is 64.9 Å². The summed E-state index contributed by atoms with van der Waals surface area (Å²) < 4.78 is 28.1. The van der Waals surface area contributed by atoms with E-state index >= 15 is 0 Å². The number of hydrogen-bond acceptors (Lipinski definition) is 9. The molecule has 0 saturated carbocycles. The molecule has 1 saturated heterocycles. The van der Waals surface area contributed by atoms with E-state index in [1.54, 1.807) is 23.9 Å². The molecule has 47 heavy (non-hydrogen) atoms. The first kappa shape index (κ1) is 32.1. The molecule has 1 aliphatic rings. The molecule has 4 heterocycles. The van der Waals surface area contributed by atoms with E-state index in [2.05, 4.69) is 25.5 Å². The van der Waals surface area contributed by atoms with Gasteiger partial charge in [-0.25, -0.2) is 14.2 Å². The Morgan fingerprint density at radius 2 is 1.81 bits per heavy atom. The molecule has 0 spiro atoms. The van der Waals surface area contributed by atoms with Crippen molar-refractivity contribution in [1.82, 2.24) is 34.7 Å². The van der Waals surface area contributed by atoms with E-state index in [1.165, 1.54) is 23.2 Å². The van der Waals surface area contributed by atoms with Gasteiger partial charge in [-0.3, -0.25) is 18.9 Å². The monoisotopic (exact) mass is 643 g/mol. The Hall–Kier alpha value is -4.88. The van der Waals surface area contributed by atoms with Gasteiger partial charge in [-0.05, 0) is 45.2 Å². The number of rotatable bonds is 8. The molecule has 1 fully saturated rings. The van der Waals surface area contributed by atoms with Crippen LogP contribution < -0.4 is 10.9 Å². The highest BCUT2D eigenvalue weighted by atomic mass is 19.1. The van der Waals surface area contributed by atoms with Crippen LogP contribution in [0.2, 0.25) is 0 Å². The largest absolute Gasteiger partial charge is 0.444 e. The van der Waals surface area contributed by atoms with Crippen LogP contribution in [-0.2, 0) is 31.4 Å². The van der Waals surface area contributed by atoms with Crippen molar-refractivity contribution in [3.8, 4) is 22.5 Å². The van der Waals surface area contributed by atoms with Crippen LogP contribution in [0.5, 0.6) is 0 Å². The Kier molecular flexibility index (Phi) is 8.68. The predicted molar refractivity (Wildman–Crippen MR) is 173 cm³/mol. The van der Waals surface area contributed by atoms with E-state index in [0.717, 1.165) is 11.1 Å². The molecule has 1 aliphatic heterocycles. The topological polar surface area (TPSA) is 141 Å². The lowest BCUT2D eigenvalue weighted by Crippen LogP contribution is -2.47. The van der Waals surface area contributed by atoms with Gasteiger partial charge in [-0.1, -0.05) is 41.6 Å². The summed E-state index contributed by atoms with van der Waals surface area (Å²) in [6.07, 6.45) is 3.25. The predicted octanol–water partition coefficient (Wildman–Crippen LogP) is 4.64. The summed E-state index contributed by atoms with van der Waals surface area (Å²) in [5.74, 6) is -0.321. The van der Waals surface area contributed by atoms with E-state index < -0.39 is 17.3 Å². The molecular formula is C34H38FN7O5. The van der Waals surface area contributed by atoms with Crippen LogP contribution >= 0.6 is 0 Å². The summed E-state index contributed by atoms with van der Waals surface area (Å²) in [6.45, 7) is 7.31. The fourth-order valence-corrected chi connectivity index (χ4v) is 5.84. The van der Waals surface area contributed by atoms with Crippen LogP contribution in [0.15, 0.2) is 70.4 Å². The maximum Gasteiger partial charge on any atom is 0.407 e. The van der Waals surface area contributed by atoms with Crippen molar-refractivity contribution in [3.05, 3.63) is 88.4 Å². The Morgan fingerprint density at radius 3 is 2.47 bits per heavy atom. The lowest BCUT2D eigenvalue weighted by molar-refractivity contribution is -0.0366. The Morgan fingerprint density at radius 1 is 1.09 bits per heavy atom. The quantitative estimate of drug-likeness (QED) is 0.247.